The Bertz CT molecular complexity index is 2790. The van der Waals surface area contributed by atoms with Gasteiger partial charge in [0.05, 0.1) is 25.2 Å². The van der Waals surface area contributed by atoms with Crippen LogP contribution in [0.5, 0.6) is 0 Å². The molecule has 0 aromatic heterocycles. The molecule has 0 bridgehead atoms. The molecular formula is C60H87ClF3N11O11. The van der Waals surface area contributed by atoms with Crippen LogP contribution >= 0.6 is 11.6 Å². The summed E-state index contributed by atoms with van der Waals surface area (Å²) in [6, 6.07) is 2.67. The Morgan fingerprint density at radius 1 is 0.651 bits per heavy atom. The Labute approximate surface area is 507 Å². The summed E-state index contributed by atoms with van der Waals surface area (Å²) in [7, 11) is 8.15. The van der Waals surface area contributed by atoms with E-state index < -0.39 is 150 Å². The molecule has 2 aromatic carbocycles. The fourth-order valence-corrected chi connectivity index (χ4v) is 10.4. The van der Waals surface area contributed by atoms with Crippen LogP contribution in [-0.2, 0) is 71.8 Å². The average Bonchev–Trinajstić information content (AvgIpc) is 1.94. The molecule has 4 N–H and O–H groups in total. The van der Waals surface area contributed by atoms with Gasteiger partial charge >= 0.3 is 6.18 Å². The third kappa shape index (κ3) is 19.3. The van der Waals surface area contributed by atoms with E-state index in [-0.39, 0.29) is 51.0 Å². The Kier molecular flexibility index (Phi) is 25.5. The van der Waals surface area contributed by atoms with Gasteiger partial charge in [0.2, 0.25) is 65.0 Å². The van der Waals surface area contributed by atoms with Crippen molar-refractivity contribution >= 4 is 76.6 Å². The molecule has 0 saturated carbocycles. The second kappa shape index (κ2) is 30.9. The standard InChI is InChI=1S/C60H87ClF3N11O11/c1-15-36(4)51-57(85)71(11)33-49(78)69(9)34-50(79)73(13)46(31-40-20-25-42(61)26-21-40)56(84)70(10)32-47(76)66-43(27-22-39-18-23-41(24-19-39)60(62,63)64)55(83)75-28-16-17-44(75)54(82)68-59(7,8)58(86)74(14)45(29-35(2)3)53(81)65-37(5)30-48(77)72(12)38(6)52(80)67-51/h18-21,23-26,35-38,43-46,51H,15-17,22,27-34H2,1-14H3,(H,65,81)(H,66,76)(H,67,80)(H,68,82)/t36?,37-,38+,43+,44+,45+,46+,51+/m1/s1. The largest absolute Gasteiger partial charge is 0.416 e. The molecule has 2 saturated heterocycles. The number of amides is 11. The minimum atomic E-state index is -4.62. The summed E-state index contributed by atoms with van der Waals surface area (Å²) in [6.07, 6.45) is -4.11. The van der Waals surface area contributed by atoms with Crippen molar-refractivity contribution in [3.8, 4) is 0 Å². The maximum absolute atomic E-state index is 14.8. The van der Waals surface area contributed by atoms with Crippen LogP contribution in [0, 0.1) is 11.8 Å². The van der Waals surface area contributed by atoms with Crippen LogP contribution in [0.4, 0.5) is 13.2 Å². The first-order valence-corrected chi connectivity index (χ1v) is 29.3. The highest BCUT2D eigenvalue weighted by atomic mass is 35.5. The predicted octanol–water partition coefficient (Wildman–Crippen LogP) is 3.27. The molecule has 86 heavy (non-hydrogen) atoms. The maximum atomic E-state index is 14.8. The summed E-state index contributed by atoms with van der Waals surface area (Å²) in [4.78, 5) is 164. The molecule has 4 rings (SSSR count). The zero-order valence-electron chi connectivity index (χ0n) is 51.9. The number of carbonyl (C=O) groups is 11. The van der Waals surface area contributed by atoms with Gasteiger partial charge in [0.15, 0.2) is 0 Å². The number of aryl methyl sites for hydroxylation is 1. The van der Waals surface area contributed by atoms with E-state index in [0.717, 1.165) is 31.7 Å². The molecule has 2 fully saturated rings. The summed E-state index contributed by atoms with van der Waals surface area (Å²) in [5, 5.41) is 11.4. The molecule has 22 nitrogen and oxygen atoms in total. The SMILES string of the molecule is CCC(C)[C@@H]1NC(=O)[C@H](C)N(C)C(=O)C[C@@H](C)NC(=O)[C@H](CC(C)C)N(C)C(=O)C(C)(C)NC(=O)[C@@H]2CCCN2C(=O)[C@H](CCc2ccc(C(F)(F)F)cc2)NC(=O)CN(C)C(=O)[C@H](Cc2ccc(Cl)cc2)N(C)C(=O)CN(C)C(=O)CN(C)C1=O. The van der Waals surface area contributed by atoms with Gasteiger partial charge in [0, 0.05) is 72.7 Å². The summed E-state index contributed by atoms with van der Waals surface area (Å²) >= 11 is 6.18. The number of halogens is 4. The summed E-state index contributed by atoms with van der Waals surface area (Å²) in [5.41, 5.74) is -1.63. The van der Waals surface area contributed by atoms with Crippen LogP contribution < -0.4 is 21.3 Å². The third-order valence-electron chi connectivity index (χ3n) is 16.0. The van der Waals surface area contributed by atoms with Gasteiger partial charge in [0.1, 0.15) is 41.8 Å². The fourth-order valence-electron chi connectivity index (χ4n) is 10.2. The van der Waals surface area contributed by atoms with Crippen LogP contribution in [0.1, 0.15) is 111 Å². The first-order chi connectivity index (χ1) is 40.0. The van der Waals surface area contributed by atoms with E-state index in [0.29, 0.717) is 29.0 Å². The number of hydrogen-bond acceptors (Lipinski definition) is 11. The van der Waals surface area contributed by atoms with Crippen LogP contribution in [0.2, 0.25) is 5.02 Å². The van der Waals surface area contributed by atoms with Crippen LogP contribution in [0.15, 0.2) is 48.5 Å². The quantitative estimate of drug-likeness (QED) is 0.283. The maximum Gasteiger partial charge on any atom is 0.416 e. The van der Waals surface area contributed by atoms with E-state index in [4.69, 9.17) is 11.6 Å². The summed E-state index contributed by atoms with van der Waals surface area (Å²) < 4.78 is 40.6. The minimum absolute atomic E-state index is 0.0188. The molecule has 2 aliphatic rings. The van der Waals surface area contributed by atoms with E-state index in [9.17, 15) is 65.9 Å². The number of fused-ring (bicyclic) bond motifs is 1. The Morgan fingerprint density at radius 3 is 1.81 bits per heavy atom. The Balaban J connectivity index is 1.77. The molecule has 26 heteroatoms. The highest BCUT2D eigenvalue weighted by Gasteiger charge is 2.44. The van der Waals surface area contributed by atoms with Gasteiger partial charge in [-0.15, -0.1) is 0 Å². The van der Waals surface area contributed by atoms with Gasteiger partial charge in [0.25, 0.3) is 0 Å². The zero-order valence-corrected chi connectivity index (χ0v) is 52.7. The number of nitrogens with one attached hydrogen (secondary N) is 4. The van der Waals surface area contributed by atoms with Crippen LogP contribution in [0.3, 0.4) is 0 Å². The Hall–Kier alpha value is -7.31. The lowest BCUT2D eigenvalue weighted by Crippen LogP contribution is -2.62. The van der Waals surface area contributed by atoms with Crippen molar-refractivity contribution < 1.29 is 65.9 Å². The number of likely N-dealkylation sites (N-methyl/N-ethyl adjacent to an activating group) is 6. The van der Waals surface area contributed by atoms with Crippen molar-refractivity contribution in [2.24, 2.45) is 11.8 Å². The van der Waals surface area contributed by atoms with Gasteiger partial charge in [-0.25, -0.2) is 0 Å². The number of hydrogen-bond donors (Lipinski definition) is 4. The molecule has 0 radical (unpaired) electrons. The van der Waals surface area contributed by atoms with Crippen molar-refractivity contribution in [1.29, 1.82) is 0 Å². The molecule has 1 unspecified atom stereocenters. The van der Waals surface area contributed by atoms with E-state index in [1.54, 1.807) is 38.1 Å². The molecule has 11 amide bonds. The van der Waals surface area contributed by atoms with E-state index in [1.165, 1.54) is 89.9 Å². The fraction of sp³-hybridized carbons (Fsp3) is 0.617. The van der Waals surface area contributed by atoms with Gasteiger partial charge < -0.3 is 55.6 Å². The first kappa shape index (κ1) is 71.2. The smallest absolute Gasteiger partial charge is 0.351 e. The Morgan fingerprint density at radius 2 is 1.23 bits per heavy atom. The molecule has 2 aromatic rings. The number of benzene rings is 2. The minimum Gasteiger partial charge on any atom is -0.351 e. The number of alkyl halides is 3. The van der Waals surface area contributed by atoms with Crippen molar-refractivity contribution in [2.45, 2.75) is 161 Å². The molecule has 2 heterocycles. The zero-order chi connectivity index (χ0) is 64.9. The first-order valence-electron chi connectivity index (χ1n) is 28.9. The van der Waals surface area contributed by atoms with E-state index in [2.05, 4.69) is 21.3 Å². The number of carbonyl (C=O) groups excluding carboxylic acids is 11. The molecule has 0 aliphatic carbocycles. The average molecular weight is 1230 g/mol. The lowest BCUT2D eigenvalue weighted by Gasteiger charge is -2.37. The summed E-state index contributed by atoms with van der Waals surface area (Å²) in [5.74, 6) is -8.12. The van der Waals surface area contributed by atoms with Gasteiger partial charge in [-0.3, -0.25) is 52.7 Å². The van der Waals surface area contributed by atoms with E-state index >= 15 is 0 Å². The molecule has 476 valence electrons. The lowest BCUT2D eigenvalue weighted by molar-refractivity contribution is -0.148. The molecule has 8 atom stereocenters. The summed E-state index contributed by atoms with van der Waals surface area (Å²) in [6.45, 7) is 11.4. The monoisotopic (exact) mass is 1230 g/mol. The van der Waals surface area contributed by atoms with Gasteiger partial charge in [-0.2, -0.15) is 13.2 Å². The predicted molar refractivity (Wildman–Crippen MR) is 315 cm³/mol. The van der Waals surface area contributed by atoms with Crippen LogP contribution in [-0.4, -0.2) is 216 Å². The highest BCUT2D eigenvalue weighted by molar-refractivity contribution is 6.30. The topological polar surface area (TPSA) is 259 Å². The van der Waals surface area contributed by atoms with E-state index in [1.807, 2.05) is 20.8 Å². The van der Waals surface area contributed by atoms with Crippen molar-refractivity contribution in [3.05, 3.63) is 70.2 Å². The van der Waals surface area contributed by atoms with Crippen molar-refractivity contribution in [2.75, 3.05) is 68.5 Å². The normalized spacial score (nSPS) is 24.8. The lowest BCUT2D eigenvalue weighted by atomic mass is 9.97. The second-order valence-corrected chi connectivity index (χ2v) is 24.3. The molecular weight excluding hydrogens is 1140 g/mol. The van der Waals surface area contributed by atoms with Gasteiger partial charge in [-0.05, 0) is 107 Å². The second-order valence-electron chi connectivity index (χ2n) is 23.9. The molecule has 0 spiro atoms. The third-order valence-corrected chi connectivity index (χ3v) is 16.3. The van der Waals surface area contributed by atoms with Crippen LogP contribution in [0.25, 0.3) is 0 Å². The van der Waals surface area contributed by atoms with Crippen molar-refractivity contribution in [3.63, 3.8) is 0 Å². The van der Waals surface area contributed by atoms with Crippen molar-refractivity contribution in [1.82, 2.24) is 55.6 Å². The molecule has 2 aliphatic heterocycles. The highest BCUT2D eigenvalue weighted by Crippen LogP contribution is 2.30. The number of nitrogens with zero attached hydrogens (tertiary/aromatic N) is 7. The number of rotatable bonds is 9. The van der Waals surface area contributed by atoms with Gasteiger partial charge in [-0.1, -0.05) is 70.0 Å².